The average Bonchev–Trinajstić information content (AvgIpc) is 2.32. The van der Waals surface area contributed by atoms with E-state index in [2.05, 4.69) is 25.9 Å². The van der Waals surface area contributed by atoms with Crippen molar-refractivity contribution in [2.24, 2.45) is 5.73 Å². The summed E-state index contributed by atoms with van der Waals surface area (Å²) < 4.78 is 0.948. The maximum atomic E-state index is 11.7. The Hall–Kier alpha value is -1.46. The van der Waals surface area contributed by atoms with E-state index in [0.29, 0.717) is 24.4 Å². The second-order valence-corrected chi connectivity index (χ2v) is 4.55. The summed E-state index contributed by atoms with van der Waals surface area (Å²) in [5, 5.41) is 0. The van der Waals surface area contributed by atoms with Gasteiger partial charge in [-0.3, -0.25) is 4.79 Å². The lowest BCUT2D eigenvalue weighted by molar-refractivity contribution is 0.924. The van der Waals surface area contributed by atoms with Gasteiger partial charge in [0.1, 0.15) is 5.82 Å². The monoisotopic (exact) mass is 293 g/mol. The molecule has 2 aromatic rings. The summed E-state index contributed by atoms with van der Waals surface area (Å²) in [5.41, 5.74) is 6.78. The van der Waals surface area contributed by atoms with Crippen molar-refractivity contribution in [3.8, 4) is 11.4 Å². The lowest BCUT2D eigenvalue weighted by Crippen LogP contribution is -2.17. The number of H-pyrrole nitrogens is 1. The Morgan fingerprint density at radius 3 is 2.88 bits per heavy atom. The molecule has 0 aliphatic rings. The van der Waals surface area contributed by atoms with E-state index in [0.717, 1.165) is 10.0 Å². The minimum atomic E-state index is -0.125. The summed E-state index contributed by atoms with van der Waals surface area (Å²) in [7, 11) is 0. The second kappa shape index (κ2) is 5.25. The number of hydrogen-bond donors (Lipinski definition) is 2. The molecule has 0 aliphatic carbocycles. The molecule has 0 saturated heterocycles. The zero-order valence-electron chi connectivity index (χ0n) is 9.11. The number of nitrogens with one attached hydrogen (secondary N) is 1. The first-order valence-corrected chi connectivity index (χ1v) is 6.04. The summed E-state index contributed by atoms with van der Waals surface area (Å²) >= 11 is 3.38. The molecule has 2 rings (SSSR count). The molecule has 1 aromatic heterocycles. The third-order valence-electron chi connectivity index (χ3n) is 2.38. The fourth-order valence-electron chi connectivity index (χ4n) is 1.54. The third-order valence-corrected chi connectivity index (χ3v) is 2.88. The van der Waals surface area contributed by atoms with Gasteiger partial charge in [-0.2, -0.15) is 0 Å². The van der Waals surface area contributed by atoms with E-state index in [9.17, 15) is 4.79 Å². The third kappa shape index (κ3) is 2.81. The zero-order chi connectivity index (χ0) is 12.3. The van der Waals surface area contributed by atoms with E-state index >= 15 is 0 Å². The fraction of sp³-hybridized carbons (Fsp3) is 0.167. The highest BCUT2D eigenvalue weighted by Gasteiger charge is 2.04. The molecule has 17 heavy (non-hydrogen) atoms. The summed E-state index contributed by atoms with van der Waals surface area (Å²) in [6.07, 6.45) is 2.13. The number of aromatic nitrogens is 2. The molecule has 0 radical (unpaired) electrons. The molecule has 1 heterocycles. The fourth-order valence-corrected chi connectivity index (χ4v) is 1.94. The molecule has 0 aliphatic heterocycles. The van der Waals surface area contributed by atoms with E-state index in [1.165, 1.54) is 0 Å². The molecule has 0 spiro atoms. The number of nitrogens with two attached hydrogens (primary N) is 1. The summed E-state index contributed by atoms with van der Waals surface area (Å²) in [6.45, 7) is 0.445. The zero-order valence-corrected chi connectivity index (χ0v) is 10.7. The molecular formula is C12H12BrN3O. The van der Waals surface area contributed by atoms with Crippen LogP contribution in [0.5, 0.6) is 0 Å². The van der Waals surface area contributed by atoms with Gasteiger partial charge in [0, 0.05) is 21.8 Å². The normalized spacial score (nSPS) is 10.5. The summed E-state index contributed by atoms with van der Waals surface area (Å²) in [4.78, 5) is 18.7. The molecule has 88 valence electrons. The van der Waals surface area contributed by atoms with Crippen LogP contribution in [0.15, 0.2) is 39.7 Å². The van der Waals surface area contributed by atoms with Gasteiger partial charge < -0.3 is 10.7 Å². The van der Waals surface area contributed by atoms with E-state index in [4.69, 9.17) is 5.73 Å². The maximum Gasteiger partial charge on any atom is 0.254 e. The lowest BCUT2D eigenvalue weighted by Gasteiger charge is -2.03. The Kier molecular flexibility index (Phi) is 3.71. The van der Waals surface area contributed by atoms with Crippen molar-refractivity contribution in [1.82, 2.24) is 9.97 Å². The van der Waals surface area contributed by atoms with Gasteiger partial charge in [-0.15, -0.1) is 0 Å². The molecular weight excluding hydrogens is 282 g/mol. The highest BCUT2D eigenvalue weighted by atomic mass is 79.9. The van der Waals surface area contributed by atoms with Crippen molar-refractivity contribution in [3.63, 3.8) is 0 Å². The number of halogens is 1. The van der Waals surface area contributed by atoms with Gasteiger partial charge >= 0.3 is 0 Å². The first-order chi connectivity index (χ1) is 8.20. The molecule has 0 atom stereocenters. The molecule has 1 aromatic carbocycles. The number of hydrogen-bond acceptors (Lipinski definition) is 3. The van der Waals surface area contributed by atoms with Crippen molar-refractivity contribution in [1.29, 1.82) is 0 Å². The van der Waals surface area contributed by atoms with E-state index < -0.39 is 0 Å². The largest absolute Gasteiger partial charge is 0.330 e. The van der Waals surface area contributed by atoms with Crippen LogP contribution in [0.25, 0.3) is 11.4 Å². The van der Waals surface area contributed by atoms with Gasteiger partial charge in [-0.25, -0.2) is 4.98 Å². The highest BCUT2D eigenvalue weighted by molar-refractivity contribution is 9.10. The van der Waals surface area contributed by atoms with Crippen LogP contribution in [0.1, 0.15) is 5.56 Å². The Morgan fingerprint density at radius 1 is 1.41 bits per heavy atom. The van der Waals surface area contributed by atoms with Crippen molar-refractivity contribution in [2.75, 3.05) is 6.54 Å². The van der Waals surface area contributed by atoms with Crippen LogP contribution >= 0.6 is 15.9 Å². The lowest BCUT2D eigenvalue weighted by atomic mass is 10.2. The molecule has 0 bridgehead atoms. The Labute approximate surface area is 107 Å². The van der Waals surface area contributed by atoms with Crippen molar-refractivity contribution in [3.05, 3.63) is 50.9 Å². The van der Waals surface area contributed by atoms with Crippen LogP contribution in [0, 0.1) is 0 Å². The van der Waals surface area contributed by atoms with Crippen LogP contribution in [0.3, 0.4) is 0 Å². The number of rotatable bonds is 3. The first-order valence-electron chi connectivity index (χ1n) is 5.25. The van der Waals surface area contributed by atoms with E-state index in [1.807, 2.05) is 24.3 Å². The minimum Gasteiger partial charge on any atom is -0.330 e. The van der Waals surface area contributed by atoms with Gasteiger partial charge in [0.2, 0.25) is 0 Å². The quantitative estimate of drug-likeness (QED) is 0.905. The molecule has 0 amide bonds. The van der Waals surface area contributed by atoms with Crippen LogP contribution in [-0.4, -0.2) is 16.5 Å². The van der Waals surface area contributed by atoms with Crippen LogP contribution in [0.4, 0.5) is 0 Å². The average molecular weight is 294 g/mol. The number of benzene rings is 1. The highest BCUT2D eigenvalue weighted by Crippen LogP contribution is 2.18. The van der Waals surface area contributed by atoms with Crippen molar-refractivity contribution >= 4 is 15.9 Å². The topological polar surface area (TPSA) is 71.8 Å². The standard InChI is InChI=1S/C12H12BrN3O/c13-10-3-1-2-8(6-10)11-15-7-9(4-5-14)12(17)16-11/h1-3,6-7H,4-5,14H2,(H,15,16,17). The SMILES string of the molecule is NCCc1cnc(-c2cccc(Br)c2)[nH]c1=O. The van der Waals surface area contributed by atoms with Gasteiger partial charge in [0.15, 0.2) is 0 Å². The van der Waals surface area contributed by atoms with Crippen molar-refractivity contribution < 1.29 is 0 Å². The molecule has 5 heteroatoms. The van der Waals surface area contributed by atoms with Gasteiger partial charge in [0.05, 0.1) is 0 Å². The van der Waals surface area contributed by atoms with Crippen molar-refractivity contribution in [2.45, 2.75) is 6.42 Å². The minimum absolute atomic E-state index is 0.125. The molecule has 4 nitrogen and oxygen atoms in total. The van der Waals surface area contributed by atoms with Crippen LogP contribution in [-0.2, 0) is 6.42 Å². The Morgan fingerprint density at radius 2 is 2.24 bits per heavy atom. The van der Waals surface area contributed by atoms with E-state index in [-0.39, 0.29) is 5.56 Å². The van der Waals surface area contributed by atoms with Gasteiger partial charge in [0.25, 0.3) is 5.56 Å². The maximum absolute atomic E-state index is 11.7. The number of aromatic amines is 1. The molecule has 0 fully saturated rings. The predicted molar refractivity (Wildman–Crippen MR) is 70.8 cm³/mol. The number of nitrogens with zero attached hydrogens (tertiary/aromatic N) is 1. The van der Waals surface area contributed by atoms with Crippen LogP contribution < -0.4 is 11.3 Å². The summed E-state index contributed by atoms with van der Waals surface area (Å²) in [6, 6.07) is 7.62. The second-order valence-electron chi connectivity index (χ2n) is 3.64. The Bertz CT molecular complexity index is 580. The van der Waals surface area contributed by atoms with E-state index in [1.54, 1.807) is 6.20 Å². The molecule has 0 saturated carbocycles. The van der Waals surface area contributed by atoms with Gasteiger partial charge in [-0.05, 0) is 25.1 Å². The Balaban J connectivity index is 2.41. The van der Waals surface area contributed by atoms with Crippen LogP contribution in [0.2, 0.25) is 0 Å². The summed E-state index contributed by atoms with van der Waals surface area (Å²) in [5.74, 6) is 0.567. The molecule has 0 unspecified atom stereocenters. The molecule has 3 N–H and O–H groups in total. The smallest absolute Gasteiger partial charge is 0.254 e. The first kappa shape index (κ1) is 12.0. The van der Waals surface area contributed by atoms with Gasteiger partial charge in [-0.1, -0.05) is 28.1 Å². The predicted octanol–water partition coefficient (Wildman–Crippen LogP) is 1.70.